The maximum absolute atomic E-state index is 14.6. The zero-order chi connectivity index (χ0) is 72.4. The average molecular weight is 1490 g/mol. The summed E-state index contributed by atoms with van der Waals surface area (Å²) in [7, 11) is -11.1. The molecule has 4 heterocycles. The lowest BCUT2D eigenvalue weighted by molar-refractivity contribution is -0.142. The Morgan fingerprint density at radius 1 is 0.802 bits per heavy atom. The van der Waals surface area contributed by atoms with E-state index in [4.69, 9.17) is 11.6 Å². The number of aromatic nitrogens is 1. The summed E-state index contributed by atoms with van der Waals surface area (Å²) in [5.74, 6) is -1.24. The van der Waals surface area contributed by atoms with Gasteiger partial charge >= 0.3 is 5.51 Å². The Morgan fingerprint density at radius 2 is 1.46 bits per heavy atom. The number of benzene rings is 5. The number of rotatable bonds is 28. The Labute approximate surface area is 607 Å². The number of thioether (sulfide) groups is 1. The Morgan fingerprint density at radius 3 is 2.10 bits per heavy atom. The molecule has 26 heteroatoms. The zero-order valence-corrected chi connectivity index (χ0v) is 62.7. The second kappa shape index (κ2) is 33.6. The fraction of sp³-hybridized carbons (Fsp3) is 0.493. The van der Waals surface area contributed by atoms with E-state index < -0.39 is 76.4 Å². The molecule has 18 nitrogen and oxygen atoms in total. The quantitative estimate of drug-likeness (QED) is 0.0228. The number of piperazine rings is 2. The third-order valence-corrected chi connectivity index (χ3v) is 25.1. The first kappa shape index (κ1) is 77.2. The van der Waals surface area contributed by atoms with Crippen molar-refractivity contribution in [1.29, 1.82) is 0 Å². The lowest BCUT2D eigenvalue weighted by Crippen LogP contribution is -2.56. The van der Waals surface area contributed by atoms with Crippen LogP contribution in [0.2, 0.25) is 5.02 Å². The summed E-state index contributed by atoms with van der Waals surface area (Å²) >= 11 is 9.25. The van der Waals surface area contributed by atoms with Gasteiger partial charge in [0.25, 0.3) is 25.8 Å². The van der Waals surface area contributed by atoms with E-state index in [0.29, 0.717) is 36.4 Å². The number of aryl methyl sites for hydroxylation is 1. The van der Waals surface area contributed by atoms with Crippen molar-refractivity contribution < 1.29 is 49.5 Å². The number of hydrogen-bond donors (Lipinski definition) is 5. The maximum Gasteiger partial charge on any atom is 0.501 e. The van der Waals surface area contributed by atoms with Crippen LogP contribution in [0.3, 0.4) is 0 Å². The van der Waals surface area contributed by atoms with Crippen LogP contribution in [0.15, 0.2) is 147 Å². The second-order valence-electron chi connectivity index (χ2n) is 29.0. The van der Waals surface area contributed by atoms with Crippen LogP contribution in [0.1, 0.15) is 126 Å². The summed E-state index contributed by atoms with van der Waals surface area (Å²) < 4.78 is 100. The number of carbonyl (C=O) groups is 3. The van der Waals surface area contributed by atoms with Crippen molar-refractivity contribution in [1.82, 2.24) is 39.9 Å². The minimum atomic E-state index is -6.14. The first-order chi connectivity index (χ1) is 47.9. The molecule has 3 saturated heterocycles. The number of carbonyl (C=O) groups excluding carboxylic acids is 3. The molecule has 4 aliphatic rings. The minimum Gasteiger partial charge on any atom is -0.391 e. The Hall–Kier alpha value is -6.39. The Balaban J connectivity index is 0.697. The van der Waals surface area contributed by atoms with Gasteiger partial charge in [-0.15, -0.1) is 23.1 Å². The summed E-state index contributed by atoms with van der Waals surface area (Å²) in [4.78, 5) is 56.8. The second-order valence-corrected chi connectivity index (χ2v) is 35.0. The van der Waals surface area contributed by atoms with Crippen LogP contribution in [0.5, 0.6) is 0 Å². The van der Waals surface area contributed by atoms with Crippen molar-refractivity contribution in [2.24, 2.45) is 10.8 Å². The number of β-amino-alcohol motifs (C(OH)–C–C–N with tert-alkyl or cyclic N) is 1. The molecule has 3 fully saturated rings. The molecule has 0 bridgehead atoms. The first-order valence-electron chi connectivity index (χ1n) is 34.9. The predicted molar refractivity (Wildman–Crippen MR) is 398 cm³/mol. The third kappa shape index (κ3) is 20.3. The minimum absolute atomic E-state index is 0.0197. The molecule has 0 unspecified atom stereocenters. The van der Waals surface area contributed by atoms with Gasteiger partial charge in [-0.2, -0.15) is 13.2 Å². The average Bonchev–Trinajstić information content (AvgIpc) is 1.71. The number of likely N-dealkylation sites (tertiary alicyclic amines) is 1. The lowest BCUT2D eigenvalue weighted by atomic mass is 9.73. The van der Waals surface area contributed by atoms with Crippen molar-refractivity contribution in [2.75, 3.05) is 101 Å². The molecule has 3 amide bonds. The number of anilines is 2. The molecule has 0 saturated carbocycles. The van der Waals surface area contributed by atoms with Gasteiger partial charge in [-0.1, -0.05) is 113 Å². The number of halogens is 4. The highest BCUT2D eigenvalue weighted by Gasteiger charge is 2.49. The van der Waals surface area contributed by atoms with Crippen LogP contribution in [0.25, 0.3) is 16.0 Å². The van der Waals surface area contributed by atoms with Gasteiger partial charge in [0, 0.05) is 111 Å². The largest absolute Gasteiger partial charge is 0.501 e. The van der Waals surface area contributed by atoms with E-state index in [1.165, 1.54) is 45.5 Å². The van der Waals surface area contributed by atoms with Gasteiger partial charge in [0.05, 0.1) is 44.9 Å². The molecule has 1 aromatic heterocycles. The molecule has 1 aliphatic carbocycles. The number of amides is 3. The number of nitrogens with one attached hydrogen (secondary N) is 4. The highest BCUT2D eigenvalue weighted by molar-refractivity contribution is 7.99. The van der Waals surface area contributed by atoms with E-state index >= 15 is 0 Å². The van der Waals surface area contributed by atoms with Crippen molar-refractivity contribution in [3.05, 3.63) is 160 Å². The molecule has 5 atom stereocenters. The van der Waals surface area contributed by atoms with Gasteiger partial charge in [0.15, 0.2) is 0 Å². The number of allylic oxidation sites excluding steroid dienone is 1. The fourth-order valence-corrected chi connectivity index (χ4v) is 17.9. The van der Waals surface area contributed by atoms with Crippen LogP contribution in [0, 0.1) is 17.8 Å². The molecule has 5 aromatic carbocycles. The summed E-state index contributed by atoms with van der Waals surface area (Å²) in [5, 5.41) is 21.2. The molecular formula is C75H96ClF3N10O8S4. The number of unbranched alkanes of at least 4 members (excludes halogenated alkanes) is 2. The van der Waals surface area contributed by atoms with Crippen molar-refractivity contribution in [2.45, 2.75) is 150 Å². The van der Waals surface area contributed by atoms with Crippen LogP contribution in [-0.2, 0) is 29.4 Å². The van der Waals surface area contributed by atoms with Gasteiger partial charge in [-0.25, -0.2) is 26.5 Å². The zero-order valence-electron chi connectivity index (χ0n) is 58.7. The molecule has 6 aromatic rings. The van der Waals surface area contributed by atoms with E-state index in [1.54, 1.807) is 23.5 Å². The van der Waals surface area contributed by atoms with E-state index in [9.17, 15) is 49.5 Å². The van der Waals surface area contributed by atoms with Gasteiger partial charge < -0.3 is 40.7 Å². The first-order valence-corrected chi connectivity index (χ1v) is 40.1. The highest BCUT2D eigenvalue weighted by atomic mass is 35.5. The molecule has 10 rings (SSSR count). The molecule has 0 radical (unpaired) electrons. The van der Waals surface area contributed by atoms with E-state index in [2.05, 4.69) is 66.5 Å². The number of thiazole rings is 1. The van der Waals surface area contributed by atoms with E-state index in [1.807, 2.05) is 112 Å². The Bertz CT molecular complexity index is 4070. The van der Waals surface area contributed by atoms with Crippen LogP contribution < -0.4 is 25.6 Å². The number of sulfonamides is 1. The number of aliphatic hydroxyl groups excluding tert-OH is 1. The van der Waals surface area contributed by atoms with Crippen LogP contribution in [0.4, 0.5) is 24.5 Å². The number of nitrogens with zero attached hydrogens (tertiary/aromatic N) is 6. The summed E-state index contributed by atoms with van der Waals surface area (Å²) in [6.07, 6.45) is 5.46. The smallest absolute Gasteiger partial charge is 0.391 e. The maximum atomic E-state index is 14.6. The number of aliphatic hydroxyl groups is 1. The highest BCUT2D eigenvalue weighted by Crippen LogP contribution is 2.44. The number of hydrogen-bond acceptors (Lipinski definition) is 17. The van der Waals surface area contributed by atoms with Crippen LogP contribution >= 0.6 is 34.7 Å². The van der Waals surface area contributed by atoms with E-state index in [-0.39, 0.29) is 41.8 Å². The molecular weight excluding hydrogens is 1390 g/mol. The van der Waals surface area contributed by atoms with Crippen molar-refractivity contribution >= 4 is 89.2 Å². The molecule has 101 heavy (non-hydrogen) atoms. The fourth-order valence-electron chi connectivity index (χ4n) is 13.9. The molecule has 546 valence electrons. The summed E-state index contributed by atoms with van der Waals surface area (Å²) in [5.41, 5.74) is 3.08. The predicted octanol–water partition coefficient (Wildman–Crippen LogP) is 12.6. The standard InChI is InChI=1S/C75H96ClF3N10O8S4/c1-51(53-16-18-55(19-17-53)68-52(2)81-50-99-68)82-71(92)66-44-61(90)48-89(66)72(93)69(73(3,4)5)80-33-12-9-13-34-85-36-38-86(39-37-85)35-31-59(49-98-62-14-10-8-11-15-62)83-65-29-28-63(45-67(65)100(94,95)75(77,78)79)101(96,97)84-70(91)56-22-26-60(27-23-56)88-42-40-87(41-43-88)47-57-46-74(6,7)32-30-64(57)54-20-24-58(76)25-21-54/h8,10-11,14-29,45,50-51,59,61,66,69,80,83,90H,9,12-13,30-44,46-49H2,1-7H3,(H,82,92)(H,84,91)/t51-,59+,61+,66-,69+/m0/s1. The number of sulfone groups is 1. The van der Waals surface area contributed by atoms with Crippen molar-refractivity contribution in [3.63, 3.8) is 0 Å². The monoisotopic (exact) mass is 1480 g/mol. The molecule has 5 N–H and O–H groups in total. The summed E-state index contributed by atoms with van der Waals surface area (Å²) in [6, 6.07) is 32.0. The Kier molecular flexibility index (Phi) is 25.7. The van der Waals surface area contributed by atoms with Crippen LogP contribution in [-0.4, -0.2) is 185 Å². The van der Waals surface area contributed by atoms with Gasteiger partial charge in [0.2, 0.25) is 11.8 Å². The molecule has 3 aliphatic heterocycles. The third-order valence-electron chi connectivity index (χ3n) is 19.8. The summed E-state index contributed by atoms with van der Waals surface area (Å²) in [6.45, 7) is 23.4. The van der Waals surface area contributed by atoms with Gasteiger partial charge in [0.1, 0.15) is 10.9 Å². The van der Waals surface area contributed by atoms with E-state index in [0.717, 1.165) is 148 Å². The van der Waals surface area contributed by atoms with Gasteiger partial charge in [-0.3, -0.25) is 19.3 Å². The van der Waals surface area contributed by atoms with Crippen molar-refractivity contribution in [3.8, 4) is 10.4 Å². The molecule has 0 spiro atoms. The SMILES string of the molecule is Cc1ncsc1-c1ccc([C@H](C)NC(=O)[C@@H]2C[C@@H](O)CN2C(=O)[C@@H](NCCCCCN2CCN(CC[C@H](CSc3ccccc3)Nc3ccc(S(=O)(=O)NC(=O)c4ccc(N5CCN(CC6=C(c7ccc(Cl)cc7)CCC(C)(C)C6)CC5)cc4)cc3S(=O)(=O)C(F)(F)F)CC2)C(C)(C)C)cc1. The number of alkyl halides is 3. The lowest BCUT2D eigenvalue weighted by Gasteiger charge is -2.39. The normalized spacial score (nSPS) is 19.2. The topological polar surface area (TPSA) is 217 Å². The van der Waals surface area contributed by atoms with Gasteiger partial charge in [-0.05, 0) is 165 Å².